The number of carboxylic acid groups (broad SMARTS) is 1. The average Bonchev–Trinajstić information content (AvgIpc) is 2.89. The lowest BCUT2D eigenvalue weighted by Gasteiger charge is -2.32. The third kappa shape index (κ3) is 3.21. The van der Waals surface area contributed by atoms with Crippen molar-refractivity contribution in [2.45, 2.75) is 33.2 Å². The predicted octanol–water partition coefficient (Wildman–Crippen LogP) is 3.57. The summed E-state index contributed by atoms with van der Waals surface area (Å²) in [5.41, 5.74) is 2.75. The van der Waals surface area contributed by atoms with Gasteiger partial charge in [-0.1, -0.05) is 57.2 Å². The summed E-state index contributed by atoms with van der Waals surface area (Å²) in [4.78, 5) is 11.6. The molecule has 0 aliphatic rings. The van der Waals surface area contributed by atoms with Crippen molar-refractivity contribution < 1.29 is 9.90 Å². The molecule has 1 atom stereocenters. The first-order chi connectivity index (χ1) is 11.4. The Bertz CT molecular complexity index is 856. The Morgan fingerprint density at radius 3 is 2.42 bits per heavy atom. The summed E-state index contributed by atoms with van der Waals surface area (Å²) in [6.07, 6.45) is 2.05. The molecule has 3 heteroatoms. The van der Waals surface area contributed by atoms with Gasteiger partial charge in [0.25, 0.3) is 0 Å². The summed E-state index contributed by atoms with van der Waals surface area (Å²) < 4.78 is 2.18. The van der Waals surface area contributed by atoms with E-state index in [0.29, 0.717) is 0 Å². The number of nitrogens with zero attached hydrogens (tertiary/aromatic N) is 1. The van der Waals surface area contributed by atoms with Crippen molar-refractivity contribution in [1.82, 2.24) is 4.57 Å². The van der Waals surface area contributed by atoms with Crippen LogP contribution in [0.1, 0.15) is 37.8 Å². The van der Waals surface area contributed by atoms with Crippen molar-refractivity contribution >= 4 is 16.9 Å². The molecule has 124 valence electrons. The summed E-state index contributed by atoms with van der Waals surface area (Å²) in [5.74, 6) is -1.65. The Morgan fingerprint density at radius 2 is 1.79 bits per heavy atom. The van der Waals surface area contributed by atoms with Gasteiger partial charge in [0.1, 0.15) is 0 Å². The number of hydrogen-bond donors (Lipinski definition) is 0. The maximum absolute atomic E-state index is 11.6. The van der Waals surface area contributed by atoms with Gasteiger partial charge in [-0.2, -0.15) is 0 Å². The maximum Gasteiger partial charge on any atom is 0.0494 e. The monoisotopic (exact) mass is 320 g/mol. The molecule has 3 nitrogen and oxygen atoms in total. The molecular weight excluding hydrogens is 298 g/mol. The van der Waals surface area contributed by atoms with Crippen LogP contribution in [0.25, 0.3) is 10.9 Å². The molecule has 0 aliphatic heterocycles. The van der Waals surface area contributed by atoms with Crippen molar-refractivity contribution in [2.24, 2.45) is 5.41 Å². The Hall–Kier alpha value is -2.55. The largest absolute Gasteiger partial charge is 0.549 e. The van der Waals surface area contributed by atoms with E-state index in [9.17, 15) is 9.90 Å². The molecule has 0 saturated carbocycles. The smallest absolute Gasteiger partial charge is 0.0494 e. The van der Waals surface area contributed by atoms with Crippen LogP contribution in [-0.4, -0.2) is 10.5 Å². The fraction of sp³-hybridized carbons (Fsp3) is 0.286. The first kappa shape index (κ1) is 16.3. The molecular formula is C21H22NO2-. The van der Waals surface area contributed by atoms with Crippen LogP contribution in [-0.2, 0) is 11.3 Å². The summed E-state index contributed by atoms with van der Waals surface area (Å²) >= 11 is 0. The van der Waals surface area contributed by atoms with Gasteiger partial charge in [-0.25, -0.2) is 0 Å². The number of carboxylic acids is 1. The van der Waals surface area contributed by atoms with Crippen LogP contribution in [0.15, 0.2) is 60.8 Å². The normalized spacial score (nSPS) is 13.1. The van der Waals surface area contributed by atoms with E-state index in [1.165, 1.54) is 5.56 Å². The van der Waals surface area contributed by atoms with Gasteiger partial charge in [0.05, 0.1) is 0 Å². The highest BCUT2D eigenvalue weighted by atomic mass is 16.4. The molecule has 2 aromatic carbocycles. The highest BCUT2D eigenvalue weighted by molar-refractivity contribution is 5.84. The van der Waals surface area contributed by atoms with Crippen molar-refractivity contribution in [3.8, 4) is 0 Å². The van der Waals surface area contributed by atoms with Crippen molar-refractivity contribution in [3.05, 3.63) is 71.9 Å². The van der Waals surface area contributed by atoms with Crippen LogP contribution in [0.2, 0.25) is 0 Å². The number of rotatable bonds is 4. The van der Waals surface area contributed by atoms with Gasteiger partial charge < -0.3 is 14.5 Å². The van der Waals surface area contributed by atoms with Crippen LogP contribution in [0.3, 0.4) is 0 Å². The highest BCUT2D eigenvalue weighted by Gasteiger charge is 2.27. The lowest BCUT2D eigenvalue weighted by Crippen LogP contribution is -2.37. The molecule has 3 aromatic rings. The first-order valence-electron chi connectivity index (χ1n) is 8.20. The second kappa shape index (κ2) is 6.16. The fourth-order valence-corrected chi connectivity index (χ4v) is 3.31. The van der Waals surface area contributed by atoms with Gasteiger partial charge in [0, 0.05) is 30.1 Å². The Morgan fingerprint density at radius 1 is 1.08 bits per heavy atom. The second-order valence-electron chi connectivity index (χ2n) is 7.37. The summed E-state index contributed by atoms with van der Waals surface area (Å²) in [7, 11) is 0. The zero-order valence-corrected chi connectivity index (χ0v) is 14.3. The molecule has 0 radical (unpaired) electrons. The van der Waals surface area contributed by atoms with Gasteiger partial charge in [0.15, 0.2) is 0 Å². The zero-order valence-electron chi connectivity index (χ0n) is 14.3. The van der Waals surface area contributed by atoms with E-state index in [4.69, 9.17) is 0 Å². The van der Waals surface area contributed by atoms with E-state index in [1.54, 1.807) is 0 Å². The molecule has 1 heterocycles. The molecule has 1 unspecified atom stereocenters. The van der Waals surface area contributed by atoms with Crippen LogP contribution in [0.5, 0.6) is 0 Å². The Kier molecular flexibility index (Phi) is 4.18. The van der Waals surface area contributed by atoms with Gasteiger partial charge in [0.2, 0.25) is 0 Å². The maximum atomic E-state index is 11.6. The fourth-order valence-electron chi connectivity index (χ4n) is 3.31. The number of aliphatic carboxylic acids is 1. The van der Waals surface area contributed by atoms with E-state index >= 15 is 0 Å². The SMILES string of the molecule is CC(C)(C)C(C(=O)[O-])c1ccc2c(ccn2Cc2ccccc2)c1. The summed E-state index contributed by atoms with van der Waals surface area (Å²) in [6, 6.07) is 18.2. The van der Waals surface area contributed by atoms with Gasteiger partial charge in [-0.05, 0) is 40.1 Å². The molecule has 0 fully saturated rings. The van der Waals surface area contributed by atoms with Gasteiger partial charge in [-0.15, -0.1) is 0 Å². The van der Waals surface area contributed by atoms with Crippen LogP contribution < -0.4 is 5.11 Å². The molecule has 1 aromatic heterocycles. The summed E-state index contributed by atoms with van der Waals surface area (Å²) in [6.45, 7) is 6.58. The number of benzene rings is 2. The molecule has 0 saturated heterocycles. The average molecular weight is 320 g/mol. The predicted molar refractivity (Wildman–Crippen MR) is 94.7 cm³/mol. The third-order valence-electron chi connectivity index (χ3n) is 4.43. The van der Waals surface area contributed by atoms with Crippen molar-refractivity contribution in [2.75, 3.05) is 0 Å². The van der Waals surface area contributed by atoms with E-state index in [2.05, 4.69) is 16.7 Å². The number of aromatic nitrogens is 1. The molecule has 0 spiro atoms. The third-order valence-corrected chi connectivity index (χ3v) is 4.43. The van der Waals surface area contributed by atoms with Crippen LogP contribution in [0, 0.1) is 5.41 Å². The van der Waals surface area contributed by atoms with Crippen molar-refractivity contribution in [1.29, 1.82) is 0 Å². The Balaban J connectivity index is 1.98. The lowest BCUT2D eigenvalue weighted by atomic mass is 9.76. The molecule has 0 amide bonds. The van der Waals surface area contributed by atoms with E-state index < -0.39 is 11.9 Å². The molecule has 0 bridgehead atoms. The minimum Gasteiger partial charge on any atom is -0.549 e. The van der Waals surface area contributed by atoms with Gasteiger partial charge in [-0.3, -0.25) is 0 Å². The van der Waals surface area contributed by atoms with Gasteiger partial charge >= 0.3 is 0 Å². The lowest BCUT2D eigenvalue weighted by molar-refractivity contribution is -0.310. The Labute approximate surface area is 142 Å². The molecule has 3 rings (SSSR count). The minimum atomic E-state index is -1.02. The standard InChI is InChI=1S/C21H23NO2/c1-21(2,3)19(20(23)24)17-9-10-18-16(13-17)11-12-22(18)14-15-7-5-4-6-8-15/h4-13,19H,14H2,1-3H3,(H,23,24)/p-1. The number of carbonyl (C=O) groups excluding carboxylic acids is 1. The van der Waals surface area contributed by atoms with E-state index in [0.717, 1.165) is 23.0 Å². The molecule has 0 N–H and O–H groups in total. The summed E-state index contributed by atoms with van der Waals surface area (Å²) in [5, 5.41) is 12.7. The number of fused-ring (bicyclic) bond motifs is 1. The molecule has 0 aliphatic carbocycles. The minimum absolute atomic E-state index is 0.390. The number of hydrogen-bond acceptors (Lipinski definition) is 2. The topological polar surface area (TPSA) is 45.1 Å². The van der Waals surface area contributed by atoms with E-state index in [1.807, 2.05) is 69.4 Å². The van der Waals surface area contributed by atoms with Crippen LogP contribution in [0.4, 0.5) is 0 Å². The van der Waals surface area contributed by atoms with Crippen molar-refractivity contribution in [3.63, 3.8) is 0 Å². The number of carbonyl (C=O) groups is 1. The zero-order chi connectivity index (χ0) is 17.3. The molecule has 24 heavy (non-hydrogen) atoms. The van der Waals surface area contributed by atoms with Crippen LogP contribution >= 0.6 is 0 Å². The van der Waals surface area contributed by atoms with E-state index in [-0.39, 0.29) is 5.41 Å². The quantitative estimate of drug-likeness (QED) is 0.737. The second-order valence-corrected chi connectivity index (χ2v) is 7.37. The first-order valence-corrected chi connectivity index (χ1v) is 8.20. The highest BCUT2D eigenvalue weighted by Crippen LogP contribution is 2.36.